The van der Waals surface area contributed by atoms with Gasteiger partial charge in [0.15, 0.2) is 0 Å². The van der Waals surface area contributed by atoms with Crippen molar-refractivity contribution in [3.63, 3.8) is 0 Å². The summed E-state index contributed by atoms with van der Waals surface area (Å²) in [6.45, 7) is 1.22. The van der Waals surface area contributed by atoms with E-state index in [0.29, 0.717) is 6.61 Å². The molecule has 0 amide bonds. The number of unbranched alkanes of at least 4 members (excludes halogenated alkanes) is 14. The molecule has 0 aromatic carbocycles. The molecule has 0 atom stereocenters. The van der Waals surface area contributed by atoms with E-state index in [1.54, 1.807) is 0 Å². The highest BCUT2D eigenvalue weighted by molar-refractivity contribution is 4.81. The first kappa shape index (κ1) is 21.7. The Morgan fingerprint density at radius 3 is 1.27 bits per heavy atom. The first-order valence-corrected chi connectivity index (χ1v) is 9.87. The molecule has 0 saturated carbocycles. The SMILES string of the molecule is NCCCCCCCC/C=C\CCCCCCCCCCO. The number of nitrogens with two attached hydrogens (primary N) is 1. The summed E-state index contributed by atoms with van der Waals surface area (Å²) >= 11 is 0. The van der Waals surface area contributed by atoms with Gasteiger partial charge in [0.2, 0.25) is 0 Å². The lowest BCUT2D eigenvalue weighted by molar-refractivity contribution is 0.282. The Balaban J connectivity index is 3.02. The fraction of sp³-hybridized carbons (Fsp3) is 0.900. The quantitative estimate of drug-likeness (QED) is 0.250. The molecule has 0 fully saturated rings. The molecule has 0 aromatic heterocycles. The monoisotopic (exact) mass is 311 g/mol. The summed E-state index contributed by atoms with van der Waals surface area (Å²) in [6, 6.07) is 0. The van der Waals surface area contributed by atoms with Gasteiger partial charge in [-0.2, -0.15) is 0 Å². The van der Waals surface area contributed by atoms with E-state index >= 15 is 0 Å². The largest absolute Gasteiger partial charge is 0.396 e. The molecule has 2 heteroatoms. The molecule has 22 heavy (non-hydrogen) atoms. The van der Waals surface area contributed by atoms with Crippen molar-refractivity contribution in [1.82, 2.24) is 0 Å². The van der Waals surface area contributed by atoms with Gasteiger partial charge in [0.25, 0.3) is 0 Å². The van der Waals surface area contributed by atoms with Crippen LogP contribution in [-0.2, 0) is 0 Å². The second-order valence-corrected chi connectivity index (χ2v) is 6.51. The summed E-state index contributed by atoms with van der Waals surface area (Å²) in [4.78, 5) is 0. The van der Waals surface area contributed by atoms with E-state index in [4.69, 9.17) is 10.8 Å². The van der Waals surface area contributed by atoms with Crippen molar-refractivity contribution >= 4 is 0 Å². The van der Waals surface area contributed by atoms with Gasteiger partial charge in [0, 0.05) is 6.61 Å². The van der Waals surface area contributed by atoms with Crippen molar-refractivity contribution < 1.29 is 5.11 Å². The van der Waals surface area contributed by atoms with Gasteiger partial charge in [-0.1, -0.05) is 76.4 Å². The van der Waals surface area contributed by atoms with Crippen LogP contribution in [0.15, 0.2) is 12.2 Å². The van der Waals surface area contributed by atoms with Gasteiger partial charge < -0.3 is 10.8 Å². The van der Waals surface area contributed by atoms with Crippen molar-refractivity contribution in [3.8, 4) is 0 Å². The van der Waals surface area contributed by atoms with Crippen molar-refractivity contribution in [2.75, 3.05) is 13.2 Å². The Labute approximate surface area is 139 Å². The number of hydrogen-bond acceptors (Lipinski definition) is 2. The van der Waals surface area contributed by atoms with Gasteiger partial charge in [-0.15, -0.1) is 0 Å². The Bertz CT molecular complexity index is 216. The molecule has 3 N–H and O–H groups in total. The van der Waals surface area contributed by atoms with Gasteiger partial charge in [-0.3, -0.25) is 0 Å². The number of rotatable bonds is 18. The standard InChI is InChI=1S/C20H41NO/c21-19-17-15-13-11-9-7-5-3-1-2-4-6-8-10-12-14-16-18-20-22/h1,3,22H,2,4-21H2/b3-1-. The lowest BCUT2D eigenvalue weighted by Gasteiger charge is -2.00. The zero-order valence-electron chi connectivity index (χ0n) is 14.9. The van der Waals surface area contributed by atoms with Crippen LogP contribution in [0.1, 0.15) is 103 Å². The van der Waals surface area contributed by atoms with Crippen LogP contribution in [-0.4, -0.2) is 18.3 Å². The zero-order chi connectivity index (χ0) is 16.1. The molecule has 0 aromatic rings. The third-order valence-corrected chi connectivity index (χ3v) is 4.27. The van der Waals surface area contributed by atoms with E-state index in [1.165, 1.54) is 96.3 Å². The summed E-state index contributed by atoms with van der Waals surface area (Å²) in [5.74, 6) is 0. The molecule has 0 saturated heterocycles. The molecule has 0 rings (SSSR count). The Hall–Kier alpha value is -0.340. The minimum atomic E-state index is 0.362. The van der Waals surface area contributed by atoms with E-state index in [2.05, 4.69) is 12.2 Å². The molecule has 0 aliphatic carbocycles. The fourth-order valence-corrected chi connectivity index (χ4v) is 2.78. The van der Waals surface area contributed by atoms with Gasteiger partial charge in [-0.25, -0.2) is 0 Å². The fourth-order valence-electron chi connectivity index (χ4n) is 2.78. The van der Waals surface area contributed by atoms with E-state index in [1.807, 2.05) is 0 Å². The third kappa shape index (κ3) is 19.7. The van der Waals surface area contributed by atoms with E-state index in [9.17, 15) is 0 Å². The normalized spacial score (nSPS) is 11.5. The van der Waals surface area contributed by atoms with E-state index in [-0.39, 0.29) is 0 Å². The molecule has 0 aliphatic rings. The predicted molar refractivity (Wildman–Crippen MR) is 99.2 cm³/mol. The third-order valence-electron chi connectivity index (χ3n) is 4.27. The van der Waals surface area contributed by atoms with Crippen molar-refractivity contribution in [1.29, 1.82) is 0 Å². The minimum absolute atomic E-state index is 0.362. The van der Waals surface area contributed by atoms with Crippen LogP contribution in [0, 0.1) is 0 Å². The maximum absolute atomic E-state index is 8.69. The van der Waals surface area contributed by atoms with Crippen molar-refractivity contribution in [2.45, 2.75) is 103 Å². The Morgan fingerprint density at radius 2 is 0.864 bits per heavy atom. The molecule has 0 radical (unpaired) electrons. The average molecular weight is 312 g/mol. The van der Waals surface area contributed by atoms with Crippen LogP contribution >= 0.6 is 0 Å². The molecular formula is C20H41NO. The van der Waals surface area contributed by atoms with Gasteiger partial charge in [-0.05, 0) is 45.1 Å². The first-order valence-electron chi connectivity index (χ1n) is 9.87. The summed E-state index contributed by atoms with van der Waals surface area (Å²) in [7, 11) is 0. The topological polar surface area (TPSA) is 46.2 Å². The molecule has 0 unspecified atom stereocenters. The van der Waals surface area contributed by atoms with Gasteiger partial charge >= 0.3 is 0 Å². The summed E-state index contributed by atoms with van der Waals surface area (Å²) in [5, 5.41) is 8.69. The number of hydrogen-bond donors (Lipinski definition) is 2. The maximum atomic E-state index is 8.69. The lowest BCUT2D eigenvalue weighted by atomic mass is 10.1. The van der Waals surface area contributed by atoms with Crippen LogP contribution in [0.25, 0.3) is 0 Å². The first-order chi connectivity index (χ1) is 10.9. The highest BCUT2D eigenvalue weighted by Crippen LogP contribution is 2.11. The molecule has 2 nitrogen and oxygen atoms in total. The summed E-state index contributed by atoms with van der Waals surface area (Å²) in [6.07, 6.45) is 25.6. The average Bonchev–Trinajstić information content (AvgIpc) is 2.54. The Kier molecular flexibility index (Phi) is 20.3. The highest BCUT2D eigenvalue weighted by Gasteiger charge is 1.92. The minimum Gasteiger partial charge on any atom is -0.396 e. The molecular weight excluding hydrogens is 270 g/mol. The zero-order valence-corrected chi connectivity index (χ0v) is 14.9. The van der Waals surface area contributed by atoms with Crippen LogP contribution in [0.4, 0.5) is 0 Å². The van der Waals surface area contributed by atoms with Gasteiger partial charge in [0.05, 0.1) is 0 Å². The summed E-state index contributed by atoms with van der Waals surface area (Å²) in [5.41, 5.74) is 5.48. The van der Waals surface area contributed by atoms with Gasteiger partial charge in [0.1, 0.15) is 0 Å². The predicted octanol–water partition coefficient (Wildman–Crippen LogP) is 5.74. The summed E-state index contributed by atoms with van der Waals surface area (Å²) < 4.78 is 0. The molecule has 0 spiro atoms. The molecule has 0 aliphatic heterocycles. The van der Waals surface area contributed by atoms with Crippen LogP contribution in [0.3, 0.4) is 0 Å². The molecule has 132 valence electrons. The second-order valence-electron chi connectivity index (χ2n) is 6.51. The van der Waals surface area contributed by atoms with Crippen LogP contribution < -0.4 is 5.73 Å². The van der Waals surface area contributed by atoms with Crippen LogP contribution in [0.5, 0.6) is 0 Å². The molecule has 0 heterocycles. The number of aliphatic hydroxyl groups is 1. The smallest absolute Gasteiger partial charge is 0.0431 e. The highest BCUT2D eigenvalue weighted by atomic mass is 16.2. The van der Waals surface area contributed by atoms with E-state index < -0.39 is 0 Å². The Morgan fingerprint density at radius 1 is 0.500 bits per heavy atom. The van der Waals surface area contributed by atoms with Crippen molar-refractivity contribution in [3.05, 3.63) is 12.2 Å². The molecule has 0 bridgehead atoms. The second kappa shape index (κ2) is 20.7. The maximum Gasteiger partial charge on any atom is 0.0431 e. The van der Waals surface area contributed by atoms with Crippen molar-refractivity contribution in [2.24, 2.45) is 5.73 Å². The number of aliphatic hydroxyl groups excluding tert-OH is 1. The van der Waals surface area contributed by atoms with Crippen LogP contribution in [0.2, 0.25) is 0 Å². The van der Waals surface area contributed by atoms with E-state index in [0.717, 1.165) is 13.0 Å². The lowest BCUT2D eigenvalue weighted by Crippen LogP contribution is -1.97. The number of allylic oxidation sites excluding steroid dienone is 2.